The fourth-order valence-corrected chi connectivity index (χ4v) is 3.20. The minimum absolute atomic E-state index is 0.0370. The third kappa shape index (κ3) is 3.91. The first-order valence-corrected chi connectivity index (χ1v) is 9.65. The summed E-state index contributed by atoms with van der Waals surface area (Å²) >= 11 is 0. The summed E-state index contributed by atoms with van der Waals surface area (Å²) in [5, 5.41) is 27.3. The second kappa shape index (κ2) is 8.25. The smallest absolute Gasteiger partial charge is 0.256 e. The summed E-state index contributed by atoms with van der Waals surface area (Å²) in [5.41, 5.74) is 0.888. The summed E-state index contributed by atoms with van der Waals surface area (Å²) in [5.74, 6) is -0.211. The molecule has 30 heavy (non-hydrogen) atoms. The number of ether oxygens (including phenoxy) is 1. The minimum atomic E-state index is -0.982. The summed E-state index contributed by atoms with van der Waals surface area (Å²) in [6.45, 7) is 1.81. The average Bonchev–Trinajstić information content (AvgIpc) is 3.17. The number of carbonyl (C=O) groups excluding carboxylic acids is 1. The monoisotopic (exact) mass is 415 g/mol. The Bertz CT molecular complexity index is 1070. The number of halogens is 1. The van der Waals surface area contributed by atoms with Crippen LogP contribution in [-0.2, 0) is 0 Å². The summed E-state index contributed by atoms with van der Waals surface area (Å²) < 4.78 is 21.3. The van der Waals surface area contributed by atoms with E-state index in [0.717, 1.165) is 0 Å². The van der Waals surface area contributed by atoms with Gasteiger partial charge in [0.05, 0.1) is 24.5 Å². The van der Waals surface area contributed by atoms with Crippen molar-refractivity contribution in [2.45, 2.75) is 25.6 Å². The van der Waals surface area contributed by atoms with Gasteiger partial charge in [0, 0.05) is 18.8 Å². The molecule has 3 heterocycles. The molecule has 0 aliphatic carbocycles. The molecule has 9 nitrogen and oxygen atoms in total. The van der Waals surface area contributed by atoms with E-state index in [1.807, 2.05) is 6.92 Å². The van der Waals surface area contributed by atoms with Crippen molar-refractivity contribution in [3.63, 3.8) is 0 Å². The molecule has 0 fully saturated rings. The quantitative estimate of drug-likeness (QED) is 0.590. The van der Waals surface area contributed by atoms with Crippen LogP contribution in [0.25, 0.3) is 5.65 Å². The first kappa shape index (κ1) is 20.0. The van der Waals surface area contributed by atoms with E-state index < -0.39 is 23.9 Å². The highest BCUT2D eigenvalue weighted by molar-refractivity contribution is 5.99. The van der Waals surface area contributed by atoms with Gasteiger partial charge in [0.25, 0.3) is 5.91 Å². The first-order valence-electron chi connectivity index (χ1n) is 9.65. The minimum Gasteiger partial charge on any atom is -0.489 e. The molecule has 2 bridgehead atoms. The number of nitrogens with zero attached hydrogens (tertiary/aromatic N) is 4. The molecule has 2 atom stereocenters. The van der Waals surface area contributed by atoms with Gasteiger partial charge in [-0.15, -0.1) is 0 Å². The molecule has 0 unspecified atom stereocenters. The zero-order valence-corrected chi connectivity index (χ0v) is 16.3. The van der Waals surface area contributed by atoms with Crippen molar-refractivity contribution in [2.24, 2.45) is 0 Å². The van der Waals surface area contributed by atoms with Crippen LogP contribution in [0.15, 0.2) is 36.7 Å². The van der Waals surface area contributed by atoms with E-state index >= 15 is 0 Å². The molecule has 1 aliphatic heterocycles. The highest BCUT2D eigenvalue weighted by atomic mass is 19.1. The molecular weight excluding hydrogens is 393 g/mol. The Morgan fingerprint density at radius 2 is 2.23 bits per heavy atom. The number of nitrogens with one attached hydrogen (secondary N) is 1. The number of hydrogen-bond donors (Lipinski definition) is 3. The standard InChI is InChI=1S/C20H22FN5O4/c1-2-13(27)10-25-16-7-12(21)3-4-17(16)30-11-14(28)8-22-20(29)15-9-23-26-6-5-18(25)24-19(15)26/h3-7,9,13-14,27-28H,2,8,10-11H2,1H3,(H,22,29)/t13-,14-/m1/s1. The second-order valence-electron chi connectivity index (χ2n) is 7.07. The van der Waals surface area contributed by atoms with Crippen molar-refractivity contribution >= 4 is 23.1 Å². The molecule has 3 aromatic rings. The lowest BCUT2D eigenvalue weighted by atomic mass is 10.2. The van der Waals surface area contributed by atoms with Gasteiger partial charge >= 0.3 is 0 Å². The molecule has 1 aromatic carbocycles. The Morgan fingerprint density at radius 1 is 1.40 bits per heavy atom. The third-order valence-electron chi connectivity index (χ3n) is 4.88. The lowest BCUT2D eigenvalue weighted by Gasteiger charge is -2.28. The van der Waals surface area contributed by atoms with Crippen LogP contribution in [0.5, 0.6) is 5.75 Å². The Labute approximate surface area is 171 Å². The zero-order valence-electron chi connectivity index (χ0n) is 16.3. The SMILES string of the molecule is CC[C@@H](O)CN1c2ccn3ncc(c3n2)C(=O)NC[C@@H](O)COc2ccc(F)cc21. The molecule has 0 radical (unpaired) electrons. The van der Waals surface area contributed by atoms with Crippen LogP contribution in [0.2, 0.25) is 0 Å². The van der Waals surface area contributed by atoms with E-state index in [2.05, 4.69) is 15.4 Å². The summed E-state index contributed by atoms with van der Waals surface area (Å²) in [6.07, 6.45) is 1.80. The molecule has 4 rings (SSSR count). The number of aromatic nitrogens is 3. The molecule has 10 heteroatoms. The highest BCUT2D eigenvalue weighted by Gasteiger charge is 2.23. The normalized spacial score (nSPS) is 18.1. The molecule has 1 aliphatic rings. The zero-order chi connectivity index (χ0) is 21.3. The molecule has 2 aromatic heterocycles. The van der Waals surface area contributed by atoms with Crippen LogP contribution in [0.1, 0.15) is 23.7 Å². The van der Waals surface area contributed by atoms with Crippen molar-refractivity contribution in [3.05, 3.63) is 48.0 Å². The third-order valence-corrected chi connectivity index (χ3v) is 4.88. The average molecular weight is 415 g/mol. The van der Waals surface area contributed by atoms with Crippen LogP contribution in [0, 0.1) is 5.82 Å². The number of benzene rings is 1. The lowest BCUT2D eigenvalue weighted by molar-refractivity contribution is 0.0845. The largest absolute Gasteiger partial charge is 0.489 e. The van der Waals surface area contributed by atoms with Gasteiger partial charge in [0.1, 0.15) is 35.7 Å². The second-order valence-corrected chi connectivity index (χ2v) is 7.07. The van der Waals surface area contributed by atoms with Gasteiger partial charge in [-0.1, -0.05) is 6.92 Å². The summed E-state index contributed by atoms with van der Waals surface area (Å²) in [7, 11) is 0. The van der Waals surface area contributed by atoms with E-state index in [9.17, 15) is 19.4 Å². The molecule has 158 valence electrons. The highest BCUT2D eigenvalue weighted by Crippen LogP contribution is 2.35. The van der Waals surface area contributed by atoms with Gasteiger partial charge in [-0.2, -0.15) is 5.10 Å². The van der Waals surface area contributed by atoms with Gasteiger partial charge in [0.15, 0.2) is 5.65 Å². The number of aliphatic hydroxyl groups excluding tert-OH is 2. The van der Waals surface area contributed by atoms with Crippen molar-refractivity contribution in [1.29, 1.82) is 0 Å². The maximum Gasteiger partial charge on any atom is 0.256 e. The number of fused-ring (bicyclic) bond motifs is 2. The number of anilines is 2. The topological polar surface area (TPSA) is 112 Å². The van der Waals surface area contributed by atoms with Gasteiger partial charge < -0.3 is 25.2 Å². The fourth-order valence-electron chi connectivity index (χ4n) is 3.20. The van der Waals surface area contributed by atoms with Crippen molar-refractivity contribution in [3.8, 4) is 5.75 Å². The number of rotatable bonds is 3. The molecule has 3 N–H and O–H groups in total. The number of β-amino-alcohol motifs (C(OH)–C–C–N with tert-alkyl or cyclic N) is 2. The van der Waals surface area contributed by atoms with Crippen LogP contribution in [0.3, 0.4) is 0 Å². The Hall–Kier alpha value is -3.24. The molecule has 0 spiro atoms. The number of amides is 1. The number of aliphatic hydroxyl groups is 2. The molecule has 0 saturated carbocycles. The maximum absolute atomic E-state index is 14.2. The van der Waals surface area contributed by atoms with Crippen LogP contribution in [-0.4, -0.2) is 62.6 Å². The Morgan fingerprint density at radius 3 is 3.03 bits per heavy atom. The van der Waals surface area contributed by atoms with Crippen LogP contribution < -0.4 is 15.0 Å². The number of hydrogen-bond acceptors (Lipinski definition) is 7. The molecule has 0 saturated heterocycles. The predicted octanol–water partition coefficient (Wildman–Crippen LogP) is 1.26. The number of carbonyl (C=O) groups is 1. The molecular formula is C20H22FN5O4. The summed E-state index contributed by atoms with van der Waals surface area (Å²) in [6, 6.07) is 5.67. The Balaban J connectivity index is 1.91. The summed E-state index contributed by atoms with van der Waals surface area (Å²) in [4.78, 5) is 18.7. The van der Waals surface area contributed by atoms with E-state index in [4.69, 9.17) is 4.74 Å². The van der Waals surface area contributed by atoms with Crippen LogP contribution >= 0.6 is 0 Å². The van der Waals surface area contributed by atoms with Gasteiger partial charge in [-0.25, -0.2) is 13.9 Å². The molecule has 1 amide bonds. The maximum atomic E-state index is 14.2. The van der Waals surface area contributed by atoms with Gasteiger partial charge in [0.2, 0.25) is 0 Å². The van der Waals surface area contributed by atoms with E-state index in [1.165, 1.54) is 28.9 Å². The first-order chi connectivity index (χ1) is 14.5. The van der Waals surface area contributed by atoms with E-state index in [-0.39, 0.29) is 25.3 Å². The van der Waals surface area contributed by atoms with E-state index in [0.29, 0.717) is 29.3 Å². The fraction of sp³-hybridized carbons (Fsp3) is 0.350. The Kier molecular flexibility index (Phi) is 5.51. The predicted molar refractivity (Wildman–Crippen MR) is 107 cm³/mol. The van der Waals surface area contributed by atoms with Crippen molar-refractivity contribution in [2.75, 3.05) is 24.6 Å². The van der Waals surface area contributed by atoms with Crippen molar-refractivity contribution < 1.29 is 24.1 Å². The van der Waals surface area contributed by atoms with Gasteiger partial charge in [-0.3, -0.25) is 4.79 Å². The van der Waals surface area contributed by atoms with Crippen LogP contribution in [0.4, 0.5) is 15.9 Å². The van der Waals surface area contributed by atoms with E-state index in [1.54, 1.807) is 17.2 Å². The van der Waals surface area contributed by atoms with Crippen molar-refractivity contribution in [1.82, 2.24) is 19.9 Å². The lowest BCUT2D eigenvalue weighted by Crippen LogP contribution is -2.35. The van der Waals surface area contributed by atoms with Gasteiger partial charge in [-0.05, 0) is 24.6 Å².